The number of halogens is 1. The number of amides is 1. The minimum Gasteiger partial charge on any atom is -0.353 e. The molecule has 1 aromatic heterocycles. The van der Waals surface area contributed by atoms with Gasteiger partial charge in [-0.2, -0.15) is 0 Å². The maximum absolute atomic E-state index is 12.4. The molecule has 144 valence electrons. The maximum Gasteiger partial charge on any atom is 0.238 e. The summed E-state index contributed by atoms with van der Waals surface area (Å²) in [5.41, 5.74) is 2.20. The molecular formula is C21H27ClN4O. The molecule has 0 radical (unpaired) electrons. The van der Waals surface area contributed by atoms with Gasteiger partial charge < -0.3 is 10.2 Å². The quantitative estimate of drug-likeness (QED) is 0.868. The predicted molar refractivity (Wildman–Crippen MR) is 112 cm³/mol. The number of rotatable bonds is 4. The molecule has 1 aromatic carbocycles. The number of benzene rings is 1. The summed E-state index contributed by atoms with van der Waals surface area (Å²) in [5.74, 6) is 0.838. The van der Waals surface area contributed by atoms with Gasteiger partial charge in [-0.3, -0.25) is 9.69 Å². The highest BCUT2D eigenvalue weighted by Gasteiger charge is 2.21. The van der Waals surface area contributed by atoms with Gasteiger partial charge in [0.25, 0.3) is 0 Å². The summed E-state index contributed by atoms with van der Waals surface area (Å²) in [6.45, 7) is 10.2. The van der Waals surface area contributed by atoms with E-state index < -0.39 is 0 Å². The van der Waals surface area contributed by atoms with Crippen LogP contribution in [0.2, 0.25) is 5.02 Å². The van der Waals surface area contributed by atoms with E-state index in [1.54, 1.807) is 6.20 Å². The first kappa shape index (κ1) is 19.6. The van der Waals surface area contributed by atoms with Crippen LogP contribution in [0, 0.1) is 0 Å². The van der Waals surface area contributed by atoms with E-state index in [0.717, 1.165) is 37.7 Å². The number of nitrogens with zero attached hydrogens (tertiary/aromatic N) is 3. The summed E-state index contributed by atoms with van der Waals surface area (Å²) >= 11 is 6.23. The monoisotopic (exact) mass is 386 g/mol. The maximum atomic E-state index is 12.4. The Balaban J connectivity index is 1.49. The minimum absolute atomic E-state index is 0.0165. The van der Waals surface area contributed by atoms with Crippen molar-refractivity contribution in [2.24, 2.45) is 0 Å². The van der Waals surface area contributed by atoms with E-state index >= 15 is 0 Å². The Morgan fingerprint density at radius 2 is 1.78 bits per heavy atom. The summed E-state index contributed by atoms with van der Waals surface area (Å²) in [7, 11) is 0. The van der Waals surface area contributed by atoms with Crippen LogP contribution in [-0.4, -0.2) is 48.5 Å². The Labute approximate surface area is 166 Å². The van der Waals surface area contributed by atoms with Crippen LogP contribution in [0.1, 0.15) is 26.3 Å². The third-order valence-electron chi connectivity index (χ3n) is 4.81. The molecule has 0 unspecified atom stereocenters. The largest absolute Gasteiger partial charge is 0.353 e. The number of aromatic nitrogens is 1. The van der Waals surface area contributed by atoms with Crippen molar-refractivity contribution in [2.45, 2.75) is 26.2 Å². The standard InChI is InChI=1S/C21H27ClN4O/c1-21(2,3)16-6-8-17(9-7-16)24-19(27)15-25-11-13-26(14-12-25)20-18(22)5-4-10-23-20/h4-10H,11-15H2,1-3H3,(H,24,27). The van der Waals surface area contributed by atoms with Gasteiger partial charge in [0.2, 0.25) is 5.91 Å². The minimum atomic E-state index is 0.0165. The number of carbonyl (C=O) groups excluding carboxylic acids is 1. The highest BCUT2D eigenvalue weighted by molar-refractivity contribution is 6.32. The molecule has 1 aliphatic rings. The molecule has 0 spiro atoms. The molecule has 1 N–H and O–H groups in total. The third kappa shape index (κ3) is 5.21. The Hall–Kier alpha value is -2.11. The molecule has 0 atom stereocenters. The van der Waals surface area contributed by atoms with Crippen molar-refractivity contribution in [3.05, 3.63) is 53.2 Å². The highest BCUT2D eigenvalue weighted by atomic mass is 35.5. The summed E-state index contributed by atoms with van der Waals surface area (Å²) in [5, 5.41) is 3.66. The molecule has 2 aromatic rings. The number of hydrogen-bond donors (Lipinski definition) is 1. The average molecular weight is 387 g/mol. The van der Waals surface area contributed by atoms with Crippen molar-refractivity contribution < 1.29 is 4.79 Å². The van der Waals surface area contributed by atoms with E-state index in [0.29, 0.717) is 11.6 Å². The van der Waals surface area contributed by atoms with Gasteiger partial charge in [-0.15, -0.1) is 0 Å². The second-order valence-corrected chi connectivity index (χ2v) is 8.35. The van der Waals surface area contributed by atoms with Gasteiger partial charge in [-0.1, -0.05) is 44.5 Å². The molecule has 1 aliphatic heterocycles. The first-order valence-electron chi connectivity index (χ1n) is 9.31. The van der Waals surface area contributed by atoms with Crippen LogP contribution in [0.3, 0.4) is 0 Å². The first-order valence-corrected chi connectivity index (χ1v) is 9.69. The molecule has 6 heteroatoms. The second-order valence-electron chi connectivity index (χ2n) is 7.95. The van der Waals surface area contributed by atoms with E-state index in [1.165, 1.54) is 5.56 Å². The van der Waals surface area contributed by atoms with Crippen molar-refractivity contribution in [3.63, 3.8) is 0 Å². The zero-order chi connectivity index (χ0) is 19.4. The van der Waals surface area contributed by atoms with Gasteiger partial charge in [0, 0.05) is 38.1 Å². The van der Waals surface area contributed by atoms with Crippen LogP contribution in [0.4, 0.5) is 11.5 Å². The molecule has 1 saturated heterocycles. The average Bonchev–Trinajstić information content (AvgIpc) is 2.62. The Bertz CT molecular complexity index is 778. The lowest BCUT2D eigenvalue weighted by Crippen LogP contribution is -2.49. The van der Waals surface area contributed by atoms with Gasteiger partial charge >= 0.3 is 0 Å². The second kappa shape index (κ2) is 8.28. The highest BCUT2D eigenvalue weighted by Crippen LogP contribution is 2.24. The van der Waals surface area contributed by atoms with Gasteiger partial charge in [-0.25, -0.2) is 4.98 Å². The summed E-state index contributed by atoms with van der Waals surface area (Å²) < 4.78 is 0. The van der Waals surface area contributed by atoms with Crippen LogP contribution in [0.25, 0.3) is 0 Å². The molecule has 2 heterocycles. The van der Waals surface area contributed by atoms with Crippen LogP contribution < -0.4 is 10.2 Å². The number of nitrogens with one attached hydrogen (secondary N) is 1. The molecule has 0 saturated carbocycles. The summed E-state index contributed by atoms with van der Waals surface area (Å²) in [6, 6.07) is 11.8. The predicted octanol–water partition coefficient (Wildman–Crippen LogP) is 3.79. The van der Waals surface area contributed by atoms with E-state index in [9.17, 15) is 4.79 Å². The molecule has 1 fully saturated rings. The number of pyridine rings is 1. The molecular weight excluding hydrogens is 360 g/mol. The zero-order valence-corrected chi connectivity index (χ0v) is 17.0. The Morgan fingerprint density at radius 3 is 2.37 bits per heavy atom. The normalized spacial score (nSPS) is 15.6. The number of piperazine rings is 1. The summed E-state index contributed by atoms with van der Waals surface area (Å²) in [6.07, 6.45) is 1.76. The van der Waals surface area contributed by atoms with Crippen LogP contribution in [-0.2, 0) is 10.2 Å². The van der Waals surface area contributed by atoms with E-state index in [4.69, 9.17) is 11.6 Å². The van der Waals surface area contributed by atoms with E-state index in [-0.39, 0.29) is 11.3 Å². The molecule has 27 heavy (non-hydrogen) atoms. The molecule has 0 bridgehead atoms. The molecule has 1 amide bonds. The Morgan fingerprint density at radius 1 is 1.11 bits per heavy atom. The molecule has 3 rings (SSSR count). The van der Waals surface area contributed by atoms with Crippen molar-refractivity contribution in [1.82, 2.24) is 9.88 Å². The summed E-state index contributed by atoms with van der Waals surface area (Å²) in [4.78, 5) is 21.1. The van der Waals surface area contributed by atoms with E-state index in [2.05, 4.69) is 53.0 Å². The Kier molecular flexibility index (Phi) is 6.02. The van der Waals surface area contributed by atoms with Crippen LogP contribution in [0.15, 0.2) is 42.6 Å². The fraction of sp³-hybridized carbons (Fsp3) is 0.429. The van der Waals surface area contributed by atoms with Crippen LogP contribution in [0.5, 0.6) is 0 Å². The lowest BCUT2D eigenvalue weighted by Gasteiger charge is -2.35. The van der Waals surface area contributed by atoms with Gasteiger partial charge in [0.05, 0.1) is 11.6 Å². The van der Waals surface area contributed by atoms with E-state index in [1.807, 2.05) is 24.3 Å². The van der Waals surface area contributed by atoms with Crippen molar-refractivity contribution in [3.8, 4) is 0 Å². The van der Waals surface area contributed by atoms with Crippen LogP contribution >= 0.6 is 11.6 Å². The first-order chi connectivity index (χ1) is 12.8. The van der Waals surface area contributed by atoms with Gasteiger partial charge in [0.1, 0.15) is 5.82 Å². The SMILES string of the molecule is CC(C)(C)c1ccc(NC(=O)CN2CCN(c3ncccc3Cl)CC2)cc1. The smallest absolute Gasteiger partial charge is 0.238 e. The number of hydrogen-bond acceptors (Lipinski definition) is 4. The lowest BCUT2D eigenvalue weighted by molar-refractivity contribution is -0.117. The fourth-order valence-electron chi connectivity index (χ4n) is 3.19. The fourth-order valence-corrected chi connectivity index (χ4v) is 3.43. The number of anilines is 2. The third-order valence-corrected chi connectivity index (χ3v) is 5.11. The molecule has 0 aliphatic carbocycles. The lowest BCUT2D eigenvalue weighted by atomic mass is 9.87. The number of carbonyl (C=O) groups is 1. The van der Waals surface area contributed by atoms with Crippen molar-refractivity contribution >= 4 is 29.0 Å². The van der Waals surface area contributed by atoms with Crippen molar-refractivity contribution in [2.75, 3.05) is 42.9 Å². The van der Waals surface area contributed by atoms with Gasteiger partial charge in [-0.05, 0) is 35.2 Å². The van der Waals surface area contributed by atoms with Gasteiger partial charge in [0.15, 0.2) is 0 Å². The van der Waals surface area contributed by atoms with Crippen molar-refractivity contribution in [1.29, 1.82) is 0 Å². The topological polar surface area (TPSA) is 48.5 Å². The molecule has 5 nitrogen and oxygen atoms in total. The zero-order valence-electron chi connectivity index (χ0n) is 16.2.